The number of carbonyl (C=O) groups excluding carboxylic acids is 3. The van der Waals surface area contributed by atoms with Crippen LogP contribution in [0.1, 0.15) is 22.3 Å². The van der Waals surface area contributed by atoms with Gasteiger partial charge >= 0.3 is 6.03 Å². The standard InChI is InChI=1S/C26H21ClN2O4/c1-16-10-11-17(2)23(12-16)29-25(31)21(24(30)28-26(29)32)14-18-6-5-8-20(13-18)33-15-19-7-3-4-9-22(19)27/h3-14H,15H2,1-2H3,(H,28,30,32)/b21-14-. The summed E-state index contributed by atoms with van der Waals surface area (Å²) in [6, 6.07) is 19.1. The second-order valence-electron chi connectivity index (χ2n) is 7.70. The van der Waals surface area contributed by atoms with Crippen LogP contribution in [0.3, 0.4) is 0 Å². The number of nitrogens with zero attached hydrogens (tertiary/aromatic N) is 1. The maximum Gasteiger partial charge on any atom is 0.335 e. The van der Waals surface area contributed by atoms with Gasteiger partial charge in [0, 0.05) is 10.6 Å². The normalized spacial score (nSPS) is 15.1. The van der Waals surface area contributed by atoms with Gasteiger partial charge in [0.25, 0.3) is 11.8 Å². The summed E-state index contributed by atoms with van der Waals surface area (Å²) in [5.74, 6) is -0.871. The number of aryl methyl sites for hydroxylation is 2. The fourth-order valence-electron chi connectivity index (χ4n) is 3.47. The Morgan fingerprint density at radius 1 is 0.970 bits per heavy atom. The molecule has 1 fully saturated rings. The van der Waals surface area contributed by atoms with Crippen LogP contribution in [0.15, 0.2) is 72.3 Å². The van der Waals surface area contributed by atoms with Crippen molar-refractivity contribution in [2.75, 3.05) is 4.90 Å². The Hall–Kier alpha value is -3.90. The molecule has 0 unspecified atom stereocenters. The number of urea groups is 1. The highest BCUT2D eigenvalue weighted by molar-refractivity contribution is 6.39. The van der Waals surface area contributed by atoms with Crippen molar-refractivity contribution in [3.63, 3.8) is 0 Å². The van der Waals surface area contributed by atoms with E-state index in [4.69, 9.17) is 16.3 Å². The van der Waals surface area contributed by atoms with Gasteiger partial charge in [-0.1, -0.05) is 54.1 Å². The molecule has 1 aliphatic heterocycles. The predicted molar refractivity (Wildman–Crippen MR) is 127 cm³/mol. The minimum atomic E-state index is -0.771. The van der Waals surface area contributed by atoms with Gasteiger partial charge < -0.3 is 4.74 Å². The van der Waals surface area contributed by atoms with Crippen molar-refractivity contribution in [3.05, 3.63) is 99.6 Å². The summed E-state index contributed by atoms with van der Waals surface area (Å²) < 4.78 is 5.83. The summed E-state index contributed by atoms with van der Waals surface area (Å²) in [4.78, 5) is 39.2. The van der Waals surface area contributed by atoms with Gasteiger partial charge in [-0.05, 0) is 60.9 Å². The van der Waals surface area contributed by atoms with E-state index in [1.54, 1.807) is 43.3 Å². The zero-order valence-corrected chi connectivity index (χ0v) is 18.8. The topological polar surface area (TPSA) is 75.7 Å². The lowest BCUT2D eigenvalue weighted by molar-refractivity contribution is -0.122. The number of hydrogen-bond acceptors (Lipinski definition) is 4. The van der Waals surface area contributed by atoms with Crippen molar-refractivity contribution in [2.24, 2.45) is 0 Å². The molecule has 0 saturated carbocycles. The Morgan fingerprint density at radius 3 is 2.55 bits per heavy atom. The van der Waals surface area contributed by atoms with E-state index >= 15 is 0 Å². The first-order valence-corrected chi connectivity index (χ1v) is 10.7. The average molecular weight is 461 g/mol. The van der Waals surface area contributed by atoms with E-state index in [2.05, 4.69) is 5.32 Å². The molecule has 1 saturated heterocycles. The molecule has 6 nitrogen and oxygen atoms in total. The number of ether oxygens (including phenoxy) is 1. The minimum Gasteiger partial charge on any atom is -0.489 e. The summed E-state index contributed by atoms with van der Waals surface area (Å²) >= 11 is 6.18. The Labute approximate surface area is 196 Å². The molecule has 1 aliphatic rings. The summed E-state index contributed by atoms with van der Waals surface area (Å²) in [7, 11) is 0. The molecule has 33 heavy (non-hydrogen) atoms. The molecule has 0 bridgehead atoms. The average Bonchev–Trinajstić information content (AvgIpc) is 2.78. The molecule has 166 valence electrons. The van der Waals surface area contributed by atoms with Crippen LogP contribution in [0.5, 0.6) is 5.75 Å². The molecule has 1 heterocycles. The van der Waals surface area contributed by atoms with Crippen LogP contribution in [0, 0.1) is 13.8 Å². The van der Waals surface area contributed by atoms with Crippen LogP contribution < -0.4 is 15.0 Å². The number of benzene rings is 3. The third-order valence-corrected chi connectivity index (χ3v) is 5.60. The van der Waals surface area contributed by atoms with Gasteiger partial charge in [0.1, 0.15) is 17.9 Å². The lowest BCUT2D eigenvalue weighted by Gasteiger charge is -2.27. The number of barbiturate groups is 1. The van der Waals surface area contributed by atoms with Gasteiger partial charge in [-0.15, -0.1) is 0 Å². The summed E-state index contributed by atoms with van der Waals surface area (Å²) in [5.41, 5.74) is 3.36. The van der Waals surface area contributed by atoms with Gasteiger partial charge in [0.2, 0.25) is 0 Å². The van der Waals surface area contributed by atoms with Gasteiger partial charge in [-0.25, -0.2) is 9.69 Å². The second kappa shape index (κ2) is 9.30. The molecule has 0 radical (unpaired) electrons. The first-order chi connectivity index (χ1) is 15.8. The largest absolute Gasteiger partial charge is 0.489 e. The molecule has 4 rings (SSSR count). The van der Waals surface area contributed by atoms with E-state index in [1.807, 2.05) is 37.3 Å². The van der Waals surface area contributed by atoms with Crippen molar-refractivity contribution in [1.82, 2.24) is 5.32 Å². The van der Waals surface area contributed by atoms with E-state index in [0.717, 1.165) is 21.6 Å². The highest BCUT2D eigenvalue weighted by Crippen LogP contribution is 2.27. The second-order valence-corrected chi connectivity index (χ2v) is 8.11. The van der Waals surface area contributed by atoms with E-state index in [9.17, 15) is 14.4 Å². The van der Waals surface area contributed by atoms with Gasteiger partial charge in [0.15, 0.2) is 0 Å². The zero-order chi connectivity index (χ0) is 23.5. The third-order valence-electron chi connectivity index (χ3n) is 5.23. The SMILES string of the molecule is Cc1ccc(C)c(N2C(=O)NC(=O)/C(=C/c3cccc(OCc4ccccc4Cl)c3)C2=O)c1. The molecule has 1 N–H and O–H groups in total. The maximum absolute atomic E-state index is 13.2. The van der Waals surface area contributed by atoms with E-state index in [0.29, 0.717) is 22.0 Å². The number of anilines is 1. The maximum atomic E-state index is 13.2. The van der Waals surface area contributed by atoms with E-state index < -0.39 is 17.8 Å². The number of rotatable bonds is 5. The van der Waals surface area contributed by atoms with Gasteiger partial charge in [-0.3, -0.25) is 14.9 Å². The van der Waals surface area contributed by atoms with Crippen LogP contribution in [-0.4, -0.2) is 17.8 Å². The lowest BCUT2D eigenvalue weighted by atomic mass is 10.0. The molecular formula is C26H21ClN2O4. The molecule has 7 heteroatoms. The number of amides is 4. The Balaban J connectivity index is 1.61. The highest BCUT2D eigenvalue weighted by Gasteiger charge is 2.37. The van der Waals surface area contributed by atoms with Gasteiger partial charge in [-0.2, -0.15) is 0 Å². The van der Waals surface area contributed by atoms with Crippen molar-refractivity contribution < 1.29 is 19.1 Å². The van der Waals surface area contributed by atoms with Crippen molar-refractivity contribution in [1.29, 1.82) is 0 Å². The van der Waals surface area contributed by atoms with Crippen molar-refractivity contribution >= 4 is 41.2 Å². The number of halogens is 1. The highest BCUT2D eigenvalue weighted by atomic mass is 35.5. The third kappa shape index (κ3) is 4.81. The fourth-order valence-corrected chi connectivity index (χ4v) is 3.66. The van der Waals surface area contributed by atoms with Crippen LogP contribution >= 0.6 is 11.6 Å². The molecule has 0 atom stereocenters. The molecule has 3 aromatic carbocycles. The molecular weight excluding hydrogens is 440 g/mol. The molecule has 4 amide bonds. The first-order valence-electron chi connectivity index (χ1n) is 10.3. The van der Waals surface area contributed by atoms with Crippen LogP contribution in [0.2, 0.25) is 5.02 Å². The molecule has 0 spiro atoms. The van der Waals surface area contributed by atoms with E-state index in [1.165, 1.54) is 6.08 Å². The predicted octanol–water partition coefficient (Wildman–Crippen LogP) is 5.20. The smallest absolute Gasteiger partial charge is 0.335 e. The Morgan fingerprint density at radius 2 is 1.76 bits per heavy atom. The van der Waals surface area contributed by atoms with Gasteiger partial charge in [0.05, 0.1) is 5.69 Å². The lowest BCUT2D eigenvalue weighted by Crippen LogP contribution is -2.54. The van der Waals surface area contributed by atoms with Crippen molar-refractivity contribution in [2.45, 2.75) is 20.5 Å². The quantitative estimate of drug-likeness (QED) is 0.419. The number of nitrogens with one attached hydrogen (secondary N) is 1. The summed E-state index contributed by atoms with van der Waals surface area (Å²) in [5, 5.41) is 2.86. The van der Waals surface area contributed by atoms with Crippen LogP contribution in [0.4, 0.5) is 10.5 Å². The Bertz CT molecular complexity index is 1300. The first kappa shape index (κ1) is 22.3. The molecule has 3 aromatic rings. The number of imide groups is 2. The molecule has 0 aromatic heterocycles. The Kier molecular flexibility index (Phi) is 6.29. The fraction of sp³-hybridized carbons (Fsp3) is 0.115. The number of hydrogen-bond donors (Lipinski definition) is 1. The van der Waals surface area contributed by atoms with Crippen LogP contribution in [0.25, 0.3) is 6.08 Å². The van der Waals surface area contributed by atoms with Crippen molar-refractivity contribution in [3.8, 4) is 5.75 Å². The van der Waals surface area contributed by atoms with E-state index in [-0.39, 0.29) is 12.2 Å². The minimum absolute atomic E-state index is 0.140. The zero-order valence-electron chi connectivity index (χ0n) is 18.1. The monoisotopic (exact) mass is 460 g/mol. The summed E-state index contributed by atoms with van der Waals surface area (Å²) in [6.45, 7) is 3.94. The number of carbonyl (C=O) groups is 3. The molecule has 0 aliphatic carbocycles. The summed E-state index contributed by atoms with van der Waals surface area (Å²) in [6.07, 6.45) is 1.45. The van der Waals surface area contributed by atoms with Crippen LogP contribution in [-0.2, 0) is 16.2 Å².